The molecule has 0 spiro atoms. The average Bonchev–Trinajstić information content (AvgIpc) is 3.13. The Kier molecular flexibility index (Phi) is 3.07. The van der Waals surface area contributed by atoms with Gasteiger partial charge in [0.15, 0.2) is 5.82 Å². The minimum Gasteiger partial charge on any atom is -0.309 e. The number of rotatable bonds is 4. The van der Waals surface area contributed by atoms with Crippen LogP contribution in [0, 0.1) is 5.92 Å². The van der Waals surface area contributed by atoms with Crippen molar-refractivity contribution in [2.24, 2.45) is 5.92 Å². The molecule has 19 heavy (non-hydrogen) atoms. The molecule has 3 rings (SSSR count). The van der Waals surface area contributed by atoms with Crippen molar-refractivity contribution >= 4 is 11.7 Å². The van der Waals surface area contributed by atoms with E-state index in [-0.39, 0.29) is 11.8 Å². The van der Waals surface area contributed by atoms with Crippen molar-refractivity contribution < 1.29 is 4.79 Å². The molecule has 1 fully saturated rings. The number of carbonyl (C=O) groups is 1. The Balaban J connectivity index is 1.61. The van der Waals surface area contributed by atoms with E-state index in [1.54, 1.807) is 4.68 Å². The Morgan fingerprint density at radius 2 is 2.16 bits per heavy atom. The van der Waals surface area contributed by atoms with Crippen molar-refractivity contribution in [3.05, 3.63) is 48.2 Å². The average molecular weight is 255 g/mol. The Hall–Kier alpha value is -2.10. The first-order valence-electron chi connectivity index (χ1n) is 6.67. The van der Waals surface area contributed by atoms with Gasteiger partial charge in [-0.1, -0.05) is 30.3 Å². The summed E-state index contributed by atoms with van der Waals surface area (Å²) in [4.78, 5) is 12.1. The van der Waals surface area contributed by atoms with Gasteiger partial charge < -0.3 is 5.32 Å². The van der Waals surface area contributed by atoms with Gasteiger partial charge in [0, 0.05) is 24.7 Å². The van der Waals surface area contributed by atoms with E-state index in [1.807, 2.05) is 37.4 Å². The maximum absolute atomic E-state index is 12.1. The molecular formula is C15H17N3O. The molecule has 2 aromatic rings. The van der Waals surface area contributed by atoms with E-state index in [0.29, 0.717) is 11.7 Å². The Labute approximate surface area is 112 Å². The van der Waals surface area contributed by atoms with E-state index in [9.17, 15) is 4.79 Å². The SMILES string of the molecule is CCn1ccc(NC(=O)C2CC2c2ccccc2)n1. The van der Waals surface area contributed by atoms with Crippen LogP contribution in [0.4, 0.5) is 5.82 Å². The summed E-state index contributed by atoms with van der Waals surface area (Å²) in [5.41, 5.74) is 1.25. The van der Waals surface area contributed by atoms with Gasteiger partial charge in [-0.15, -0.1) is 0 Å². The molecule has 2 atom stereocenters. The van der Waals surface area contributed by atoms with Gasteiger partial charge in [-0.3, -0.25) is 9.48 Å². The van der Waals surface area contributed by atoms with E-state index in [4.69, 9.17) is 0 Å². The Bertz CT molecular complexity index is 576. The second-order valence-electron chi connectivity index (χ2n) is 4.91. The molecule has 0 aliphatic heterocycles. The molecule has 1 saturated carbocycles. The van der Waals surface area contributed by atoms with Crippen molar-refractivity contribution in [3.63, 3.8) is 0 Å². The summed E-state index contributed by atoms with van der Waals surface area (Å²) in [6, 6.07) is 12.0. The van der Waals surface area contributed by atoms with Gasteiger partial charge in [-0.25, -0.2) is 0 Å². The lowest BCUT2D eigenvalue weighted by Gasteiger charge is -2.02. The Morgan fingerprint density at radius 1 is 1.37 bits per heavy atom. The highest BCUT2D eigenvalue weighted by Crippen LogP contribution is 2.47. The number of aromatic nitrogens is 2. The maximum atomic E-state index is 12.1. The number of hydrogen-bond donors (Lipinski definition) is 1. The minimum atomic E-state index is 0.0789. The third kappa shape index (κ3) is 2.52. The van der Waals surface area contributed by atoms with Crippen molar-refractivity contribution in [1.29, 1.82) is 0 Å². The van der Waals surface area contributed by atoms with Crippen molar-refractivity contribution in [3.8, 4) is 0 Å². The van der Waals surface area contributed by atoms with Gasteiger partial charge in [0.1, 0.15) is 0 Å². The first-order valence-corrected chi connectivity index (χ1v) is 6.67. The van der Waals surface area contributed by atoms with Crippen LogP contribution >= 0.6 is 0 Å². The lowest BCUT2D eigenvalue weighted by atomic mass is 10.1. The molecule has 0 saturated heterocycles. The summed E-state index contributed by atoms with van der Waals surface area (Å²) < 4.78 is 1.80. The monoisotopic (exact) mass is 255 g/mol. The maximum Gasteiger partial charge on any atom is 0.229 e. The molecule has 1 aromatic carbocycles. The van der Waals surface area contributed by atoms with Gasteiger partial charge in [0.05, 0.1) is 0 Å². The second-order valence-corrected chi connectivity index (χ2v) is 4.91. The lowest BCUT2D eigenvalue weighted by molar-refractivity contribution is -0.117. The Morgan fingerprint density at radius 3 is 2.84 bits per heavy atom. The lowest BCUT2D eigenvalue weighted by Crippen LogP contribution is -2.15. The highest BCUT2D eigenvalue weighted by atomic mass is 16.2. The first kappa shape index (κ1) is 12.0. The standard InChI is InChI=1S/C15H17N3O/c1-2-18-9-8-14(17-18)16-15(19)13-10-12(13)11-6-4-3-5-7-11/h3-9,12-13H,2,10H2,1H3,(H,16,17,19). The highest BCUT2D eigenvalue weighted by Gasteiger charge is 2.43. The van der Waals surface area contributed by atoms with Crippen LogP contribution in [-0.2, 0) is 11.3 Å². The molecule has 98 valence electrons. The fourth-order valence-electron chi connectivity index (χ4n) is 2.38. The van der Waals surface area contributed by atoms with E-state index in [0.717, 1.165) is 13.0 Å². The van der Waals surface area contributed by atoms with Crippen LogP contribution in [-0.4, -0.2) is 15.7 Å². The zero-order valence-corrected chi connectivity index (χ0v) is 10.9. The highest BCUT2D eigenvalue weighted by molar-refractivity contribution is 5.94. The van der Waals surface area contributed by atoms with Crippen LogP contribution < -0.4 is 5.32 Å². The number of anilines is 1. The van der Waals surface area contributed by atoms with E-state index < -0.39 is 0 Å². The summed E-state index contributed by atoms with van der Waals surface area (Å²) in [5.74, 6) is 1.18. The van der Waals surface area contributed by atoms with Gasteiger partial charge in [-0.05, 0) is 24.8 Å². The molecule has 1 aromatic heterocycles. The van der Waals surface area contributed by atoms with Gasteiger partial charge in [0.2, 0.25) is 5.91 Å². The summed E-state index contributed by atoms with van der Waals surface area (Å²) >= 11 is 0. The molecule has 1 aliphatic rings. The molecule has 1 aliphatic carbocycles. The van der Waals surface area contributed by atoms with Crippen LogP contribution in [0.25, 0.3) is 0 Å². The molecular weight excluding hydrogens is 238 g/mol. The molecule has 1 N–H and O–H groups in total. The van der Waals surface area contributed by atoms with E-state index in [2.05, 4.69) is 22.5 Å². The third-order valence-electron chi connectivity index (χ3n) is 3.57. The molecule has 1 amide bonds. The summed E-state index contributed by atoms with van der Waals surface area (Å²) in [6.45, 7) is 2.83. The predicted octanol–water partition coefficient (Wildman–Crippen LogP) is 2.65. The number of carbonyl (C=O) groups excluding carboxylic acids is 1. The fraction of sp³-hybridized carbons (Fsp3) is 0.333. The molecule has 2 unspecified atom stereocenters. The summed E-state index contributed by atoms with van der Waals surface area (Å²) in [5, 5.41) is 7.15. The van der Waals surface area contributed by atoms with Crippen LogP contribution in [0.2, 0.25) is 0 Å². The van der Waals surface area contributed by atoms with Crippen LogP contribution in [0.15, 0.2) is 42.6 Å². The zero-order chi connectivity index (χ0) is 13.2. The summed E-state index contributed by atoms with van der Waals surface area (Å²) in [6.07, 6.45) is 2.81. The van der Waals surface area contributed by atoms with Crippen LogP contribution in [0.3, 0.4) is 0 Å². The largest absolute Gasteiger partial charge is 0.309 e. The van der Waals surface area contributed by atoms with Gasteiger partial charge in [-0.2, -0.15) is 5.10 Å². The van der Waals surface area contributed by atoms with Crippen molar-refractivity contribution in [1.82, 2.24) is 9.78 Å². The second kappa shape index (κ2) is 4.88. The van der Waals surface area contributed by atoms with Crippen LogP contribution in [0.1, 0.15) is 24.8 Å². The number of benzene rings is 1. The fourth-order valence-corrected chi connectivity index (χ4v) is 2.38. The number of amides is 1. The minimum absolute atomic E-state index is 0.0789. The molecule has 4 nitrogen and oxygen atoms in total. The quantitative estimate of drug-likeness (QED) is 0.913. The molecule has 4 heteroatoms. The number of hydrogen-bond acceptors (Lipinski definition) is 2. The van der Waals surface area contributed by atoms with Gasteiger partial charge in [0.25, 0.3) is 0 Å². The predicted molar refractivity (Wildman–Crippen MR) is 73.8 cm³/mol. The topological polar surface area (TPSA) is 46.9 Å². The smallest absolute Gasteiger partial charge is 0.229 e. The first-order chi connectivity index (χ1) is 9.28. The number of aryl methyl sites for hydroxylation is 1. The zero-order valence-electron chi connectivity index (χ0n) is 10.9. The van der Waals surface area contributed by atoms with Crippen molar-refractivity contribution in [2.75, 3.05) is 5.32 Å². The molecule has 1 heterocycles. The molecule has 0 radical (unpaired) electrons. The number of nitrogens with zero attached hydrogens (tertiary/aromatic N) is 2. The van der Waals surface area contributed by atoms with Gasteiger partial charge >= 0.3 is 0 Å². The van der Waals surface area contributed by atoms with Crippen LogP contribution in [0.5, 0.6) is 0 Å². The third-order valence-corrected chi connectivity index (χ3v) is 3.57. The normalized spacial score (nSPS) is 21.1. The number of nitrogens with one attached hydrogen (secondary N) is 1. The van der Waals surface area contributed by atoms with E-state index in [1.165, 1.54) is 5.56 Å². The van der Waals surface area contributed by atoms with Crippen molar-refractivity contribution in [2.45, 2.75) is 25.8 Å². The summed E-state index contributed by atoms with van der Waals surface area (Å²) in [7, 11) is 0. The van der Waals surface area contributed by atoms with E-state index >= 15 is 0 Å². The molecule has 0 bridgehead atoms.